The third-order valence-electron chi connectivity index (χ3n) is 5.44. The maximum Gasteiger partial charge on any atom is 0.241 e. The van der Waals surface area contributed by atoms with Crippen LogP contribution in [0.1, 0.15) is 24.3 Å². The number of carbonyl (C=O) groups is 1. The minimum absolute atomic E-state index is 0.0579. The van der Waals surface area contributed by atoms with Crippen LogP contribution < -0.4 is 10.1 Å². The molecule has 30 heavy (non-hydrogen) atoms. The van der Waals surface area contributed by atoms with Crippen molar-refractivity contribution in [1.29, 1.82) is 0 Å². The highest BCUT2D eigenvalue weighted by Crippen LogP contribution is 2.22. The monoisotopic (exact) mass is 406 g/mol. The molecule has 2 aromatic carbocycles. The molecule has 1 aromatic heterocycles. The van der Waals surface area contributed by atoms with E-state index in [4.69, 9.17) is 9.26 Å². The Morgan fingerprint density at radius 3 is 2.57 bits per heavy atom. The predicted octanol–water partition coefficient (Wildman–Crippen LogP) is 3.27. The molecule has 1 amide bonds. The van der Waals surface area contributed by atoms with E-state index in [-0.39, 0.29) is 11.8 Å². The zero-order valence-electron chi connectivity index (χ0n) is 17.1. The van der Waals surface area contributed by atoms with E-state index >= 15 is 0 Å². The Morgan fingerprint density at radius 2 is 1.87 bits per heavy atom. The van der Waals surface area contributed by atoms with Gasteiger partial charge in [-0.3, -0.25) is 9.69 Å². The molecule has 1 N–H and O–H groups in total. The number of likely N-dealkylation sites (tertiary alicyclic amines) is 1. The Bertz CT molecular complexity index is 948. The number of rotatable bonds is 7. The van der Waals surface area contributed by atoms with Crippen molar-refractivity contribution in [1.82, 2.24) is 20.4 Å². The summed E-state index contributed by atoms with van der Waals surface area (Å²) in [5, 5.41) is 7.14. The Kier molecular flexibility index (Phi) is 6.39. The van der Waals surface area contributed by atoms with Crippen molar-refractivity contribution < 1.29 is 14.1 Å². The Labute approximate surface area is 176 Å². The normalized spacial score (nSPS) is 15.1. The molecular formula is C23H26N4O3. The first-order valence-electron chi connectivity index (χ1n) is 10.2. The number of nitrogens with zero attached hydrogens (tertiary/aromatic N) is 3. The van der Waals surface area contributed by atoms with Crippen molar-refractivity contribution >= 4 is 5.91 Å². The first-order valence-corrected chi connectivity index (χ1v) is 10.2. The largest absolute Gasteiger partial charge is 0.497 e. The van der Waals surface area contributed by atoms with Crippen molar-refractivity contribution in [2.24, 2.45) is 5.92 Å². The standard InChI is InChI=1S/C23H26N4O3/c1-29-20-9-7-18(8-10-20)22-25-21(30-26-22)16-27-13-11-19(12-14-27)23(28)24-15-17-5-3-2-4-6-17/h2-10,19H,11-16H2,1H3,(H,24,28). The van der Waals surface area contributed by atoms with Gasteiger partial charge in [0.2, 0.25) is 17.6 Å². The number of ether oxygens (including phenoxy) is 1. The molecule has 1 aliphatic rings. The molecule has 1 aliphatic heterocycles. The van der Waals surface area contributed by atoms with Crippen LogP contribution in [0.25, 0.3) is 11.4 Å². The fourth-order valence-corrected chi connectivity index (χ4v) is 3.65. The topological polar surface area (TPSA) is 80.5 Å². The van der Waals surface area contributed by atoms with Gasteiger partial charge in [-0.1, -0.05) is 35.5 Å². The number of benzene rings is 2. The molecule has 0 bridgehead atoms. The van der Waals surface area contributed by atoms with E-state index in [1.165, 1.54) is 0 Å². The zero-order valence-corrected chi connectivity index (χ0v) is 17.1. The minimum Gasteiger partial charge on any atom is -0.497 e. The number of amides is 1. The number of hydrogen-bond donors (Lipinski definition) is 1. The lowest BCUT2D eigenvalue weighted by molar-refractivity contribution is -0.126. The summed E-state index contributed by atoms with van der Waals surface area (Å²) >= 11 is 0. The smallest absolute Gasteiger partial charge is 0.241 e. The van der Waals surface area contributed by atoms with E-state index in [1.807, 2.05) is 54.6 Å². The van der Waals surface area contributed by atoms with Gasteiger partial charge in [0.1, 0.15) is 5.75 Å². The molecule has 3 aromatic rings. The van der Waals surface area contributed by atoms with Crippen LogP contribution in [0.4, 0.5) is 0 Å². The summed E-state index contributed by atoms with van der Waals surface area (Å²) in [5.74, 6) is 2.15. The van der Waals surface area contributed by atoms with Crippen LogP contribution in [0.5, 0.6) is 5.75 Å². The number of aromatic nitrogens is 2. The average molecular weight is 406 g/mol. The quantitative estimate of drug-likeness (QED) is 0.649. The van der Waals surface area contributed by atoms with Gasteiger partial charge in [-0.2, -0.15) is 4.98 Å². The van der Waals surface area contributed by atoms with Gasteiger partial charge in [0.15, 0.2) is 0 Å². The highest BCUT2D eigenvalue weighted by atomic mass is 16.5. The van der Waals surface area contributed by atoms with E-state index < -0.39 is 0 Å². The molecule has 1 fully saturated rings. The molecule has 7 nitrogen and oxygen atoms in total. The van der Waals surface area contributed by atoms with E-state index in [2.05, 4.69) is 20.4 Å². The number of hydrogen-bond acceptors (Lipinski definition) is 6. The van der Waals surface area contributed by atoms with Crippen LogP contribution in [0, 0.1) is 5.92 Å². The van der Waals surface area contributed by atoms with Crippen LogP contribution in [0.15, 0.2) is 59.1 Å². The average Bonchev–Trinajstić information content (AvgIpc) is 3.27. The second kappa shape index (κ2) is 9.54. The first-order chi connectivity index (χ1) is 14.7. The summed E-state index contributed by atoms with van der Waals surface area (Å²) < 4.78 is 10.6. The number of methoxy groups -OCH3 is 1. The third-order valence-corrected chi connectivity index (χ3v) is 5.44. The van der Waals surface area contributed by atoms with Gasteiger partial charge in [-0.05, 0) is 55.8 Å². The number of nitrogens with one attached hydrogen (secondary N) is 1. The lowest BCUT2D eigenvalue weighted by Crippen LogP contribution is -2.40. The molecule has 0 spiro atoms. The van der Waals surface area contributed by atoms with Crippen LogP contribution in [-0.4, -0.2) is 41.1 Å². The zero-order chi connectivity index (χ0) is 20.8. The highest BCUT2D eigenvalue weighted by Gasteiger charge is 2.25. The van der Waals surface area contributed by atoms with Gasteiger partial charge in [-0.25, -0.2) is 0 Å². The third kappa shape index (κ3) is 5.04. The van der Waals surface area contributed by atoms with E-state index in [0.29, 0.717) is 24.8 Å². The van der Waals surface area contributed by atoms with Gasteiger partial charge in [0.25, 0.3) is 0 Å². The second-order valence-corrected chi connectivity index (χ2v) is 7.49. The molecule has 0 atom stereocenters. The molecule has 1 saturated heterocycles. The van der Waals surface area contributed by atoms with Crippen molar-refractivity contribution in [3.05, 3.63) is 66.1 Å². The lowest BCUT2D eigenvalue weighted by atomic mass is 9.96. The first kappa shape index (κ1) is 20.1. The summed E-state index contributed by atoms with van der Waals surface area (Å²) in [6, 6.07) is 17.6. The minimum atomic E-state index is 0.0579. The molecule has 0 aliphatic carbocycles. The molecule has 4 rings (SSSR count). The fourth-order valence-electron chi connectivity index (χ4n) is 3.65. The fraction of sp³-hybridized carbons (Fsp3) is 0.348. The summed E-state index contributed by atoms with van der Waals surface area (Å²) in [7, 11) is 1.64. The van der Waals surface area contributed by atoms with Crippen LogP contribution in [-0.2, 0) is 17.9 Å². The summed E-state index contributed by atoms with van der Waals surface area (Å²) in [6.45, 7) is 2.85. The van der Waals surface area contributed by atoms with Crippen molar-refractivity contribution in [3.8, 4) is 17.1 Å². The molecule has 0 saturated carbocycles. The summed E-state index contributed by atoms with van der Waals surface area (Å²) in [6.07, 6.45) is 1.67. The number of carbonyl (C=O) groups excluding carboxylic acids is 1. The Balaban J connectivity index is 1.24. The maximum absolute atomic E-state index is 12.5. The van der Waals surface area contributed by atoms with E-state index in [9.17, 15) is 4.79 Å². The molecule has 156 valence electrons. The van der Waals surface area contributed by atoms with Crippen molar-refractivity contribution in [2.75, 3.05) is 20.2 Å². The molecule has 2 heterocycles. The van der Waals surface area contributed by atoms with Gasteiger partial charge in [-0.15, -0.1) is 0 Å². The van der Waals surface area contributed by atoms with E-state index in [1.54, 1.807) is 7.11 Å². The molecule has 0 unspecified atom stereocenters. The Hall–Kier alpha value is -3.19. The highest BCUT2D eigenvalue weighted by molar-refractivity contribution is 5.78. The summed E-state index contributed by atoms with van der Waals surface area (Å²) in [4.78, 5) is 19.2. The van der Waals surface area contributed by atoms with Gasteiger partial charge >= 0.3 is 0 Å². The van der Waals surface area contributed by atoms with Crippen LogP contribution >= 0.6 is 0 Å². The summed E-state index contributed by atoms with van der Waals surface area (Å²) in [5.41, 5.74) is 2.01. The molecular weight excluding hydrogens is 380 g/mol. The van der Waals surface area contributed by atoms with Crippen molar-refractivity contribution in [2.45, 2.75) is 25.9 Å². The second-order valence-electron chi connectivity index (χ2n) is 7.49. The van der Waals surface area contributed by atoms with Gasteiger partial charge in [0, 0.05) is 18.0 Å². The number of piperidine rings is 1. The van der Waals surface area contributed by atoms with Crippen LogP contribution in [0.2, 0.25) is 0 Å². The lowest BCUT2D eigenvalue weighted by Gasteiger charge is -2.30. The SMILES string of the molecule is COc1ccc(-c2noc(CN3CCC(C(=O)NCc4ccccc4)CC3)n2)cc1. The van der Waals surface area contributed by atoms with Crippen LogP contribution in [0.3, 0.4) is 0 Å². The Morgan fingerprint density at radius 1 is 1.13 bits per heavy atom. The van der Waals surface area contributed by atoms with Gasteiger partial charge < -0.3 is 14.6 Å². The van der Waals surface area contributed by atoms with E-state index in [0.717, 1.165) is 42.8 Å². The predicted molar refractivity (Wildman–Crippen MR) is 113 cm³/mol. The molecule has 0 radical (unpaired) electrons. The van der Waals surface area contributed by atoms with Crippen molar-refractivity contribution in [3.63, 3.8) is 0 Å². The molecule has 7 heteroatoms. The van der Waals surface area contributed by atoms with Gasteiger partial charge in [0.05, 0.1) is 13.7 Å². The maximum atomic E-state index is 12.5.